The standard InChI is InChI=1S/C33H42N4O9S2/c1-8-20-16-33(20,31(41)36-48(42,43)32(5)12-13-32)35-29(39)23-14-21(17-37(23)30(40)28(38)19(4)47-7)46-25-15-26(45-9-2)34-27-18(3)24(44-6)11-10-22(25)27/h8,10-11,15,20-21,23,28,38H,1,4,9,12-14,16-17H2,2-3,5-7H3,(H,35,39)(H,36,41)/t20?,21-,23+,28?,33-/m1/s1. The van der Waals surface area contributed by atoms with Crippen LogP contribution in [0.5, 0.6) is 17.4 Å². The third-order valence-electron chi connectivity index (χ3n) is 9.46. The molecule has 2 aromatic rings. The van der Waals surface area contributed by atoms with E-state index in [1.165, 1.54) is 11.0 Å². The molecule has 15 heteroatoms. The Morgan fingerprint density at radius 2 is 1.98 bits per heavy atom. The number of benzene rings is 1. The first-order valence-electron chi connectivity index (χ1n) is 15.7. The number of likely N-dealkylation sites (tertiary alicyclic amines) is 1. The Hall–Kier alpha value is -3.82. The summed E-state index contributed by atoms with van der Waals surface area (Å²) in [7, 11) is -2.42. The van der Waals surface area contributed by atoms with E-state index in [4.69, 9.17) is 14.2 Å². The molecule has 5 rings (SSSR count). The van der Waals surface area contributed by atoms with Crippen LogP contribution in [0.25, 0.3) is 10.9 Å². The molecule has 1 saturated heterocycles. The second-order valence-electron chi connectivity index (χ2n) is 12.6. The summed E-state index contributed by atoms with van der Waals surface area (Å²) < 4.78 is 44.5. The van der Waals surface area contributed by atoms with Crippen LogP contribution in [0.1, 0.15) is 45.1 Å². The number of sulfonamides is 1. The number of methoxy groups -OCH3 is 1. The third kappa shape index (κ3) is 6.47. The highest BCUT2D eigenvalue weighted by Crippen LogP contribution is 2.47. The van der Waals surface area contributed by atoms with Crippen molar-refractivity contribution in [2.24, 2.45) is 5.92 Å². The number of fused-ring (bicyclic) bond motifs is 1. The molecule has 2 aliphatic carbocycles. The molecule has 48 heavy (non-hydrogen) atoms. The summed E-state index contributed by atoms with van der Waals surface area (Å²) in [5.41, 5.74) is -0.200. The fourth-order valence-electron chi connectivity index (χ4n) is 5.98. The maximum Gasteiger partial charge on any atom is 0.259 e. The lowest BCUT2D eigenvalue weighted by Crippen LogP contribution is -2.57. The molecule has 260 valence electrons. The van der Waals surface area contributed by atoms with Gasteiger partial charge in [-0.05, 0) is 58.4 Å². The van der Waals surface area contributed by atoms with Crippen LogP contribution in [-0.4, -0.2) is 96.2 Å². The number of aliphatic hydroxyl groups excluding tert-OH is 1. The quantitative estimate of drug-likeness (QED) is 0.247. The number of aryl methyl sites for hydroxylation is 1. The number of hydrogen-bond acceptors (Lipinski definition) is 11. The Balaban J connectivity index is 1.44. The van der Waals surface area contributed by atoms with Gasteiger partial charge >= 0.3 is 0 Å². The minimum atomic E-state index is -3.98. The van der Waals surface area contributed by atoms with Gasteiger partial charge in [0.2, 0.25) is 21.8 Å². The predicted octanol–water partition coefficient (Wildman–Crippen LogP) is 2.60. The molecule has 1 aromatic carbocycles. The van der Waals surface area contributed by atoms with Crippen molar-refractivity contribution in [1.29, 1.82) is 0 Å². The van der Waals surface area contributed by atoms with E-state index in [9.17, 15) is 27.9 Å². The lowest BCUT2D eigenvalue weighted by Gasteiger charge is -2.28. The van der Waals surface area contributed by atoms with Crippen molar-refractivity contribution < 1.29 is 42.1 Å². The lowest BCUT2D eigenvalue weighted by atomic mass is 10.1. The van der Waals surface area contributed by atoms with Crippen molar-refractivity contribution in [2.75, 3.05) is 26.5 Å². The SMILES string of the molecule is C=CC1C[C@]1(NC(=O)[C@@H]1C[C@@H](Oc2cc(OCC)nc3c(C)c(OC)ccc23)CN1C(=O)C(O)C(=C)SC)C(=O)NS(=O)(=O)C1(C)CC1. The first-order chi connectivity index (χ1) is 22.6. The van der Waals surface area contributed by atoms with Crippen LogP contribution < -0.4 is 24.2 Å². The van der Waals surface area contributed by atoms with Crippen LogP contribution in [0.3, 0.4) is 0 Å². The van der Waals surface area contributed by atoms with Gasteiger partial charge < -0.3 is 29.5 Å². The van der Waals surface area contributed by atoms with Gasteiger partial charge in [0.1, 0.15) is 29.2 Å². The molecule has 2 heterocycles. The van der Waals surface area contributed by atoms with Gasteiger partial charge in [-0.25, -0.2) is 13.4 Å². The summed E-state index contributed by atoms with van der Waals surface area (Å²) in [5, 5.41) is 14.2. The zero-order valence-corrected chi connectivity index (χ0v) is 29.3. The monoisotopic (exact) mass is 702 g/mol. The number of hydrogen-bond donors (Lipinski definition) is 3. The highest BCUT2D eigenvalue weighted by atomic mass is 32.2. The first-order valence-corrected chi connectivity index (χ1v) is 18.4. The Morgan fingerprint density at radius 1 is 1.27 bits per heavy atom. The highest BCUT2D eigenvalue weighted by Gasteiger charge is 2.63. The zero-order chi connectivity index (χ0) is 35.2. The van der Waals surface area contributed by atoms with Crippen molar-refractivity contribution in [2.45, 2.75) is 75.0 Å². The average Bonchev–Trinajstić information content (AvgIpc) is 3.94. The molecule has 13 nitrogen and oxygen atoms in total. The van der Waals surface area contributed by atoms with Crippen molar-refractivity contribution in [3.63, 3.8) is 0 Å². The van der Waals surface area contributed by atoms with Gasteiger partial charge in [-0.15, -0.1) is 18.3 Å². The largest absolute Gasteiger partial charge is 0.496 e. The number of rotatable bonds is 14. The van der Waals surface area contributed by atoms with Crippen LogP contribution in [-0.2, 0) is 24.4 Å². The second kappa shape index (κ2) is 13.2. The van der Waals surface area contributed by atoms with Gasteiger partial charge in [0.05, 0.1) is 30.5 Å². The van der Waals surface area contributed by atoms with Crippen LogP contribution in [0, 0.1) is 12.8 Å². The minimum absolute atomic E-state index is 0.00574. The van der Waals surface area contributed by atoms with E-state index in [1.54, 1.807) is 38.5 Å². The molecule has 3 N–H and O–H groups in total. The topological polar surface area (TPSA) is 173 Å². The summed E-state index contributed by atoms with van der Waals surface area (Å²) in [6.45, 7) is 13.0. The van der Waals surface area contributed by atoms with Crippen LogP contribution >= 0.6 is 11.8 Å². The first kappa shape index (κ1) is 35.5. The van der Waals surface area contributed by atoms with Crippen molar-refractivity contribution in [3.05, 3.63) is 47.9 Å². The van der Waals surface area contributed by atoms with Gasteiger partial charge in [-0.2, -0.15) is 0 Å². The number of aliphatic hydroxyl groups is 1. The maximum absolute atomic E-state index is 14.0. The number of aromatic nitrogens is 1. The molecule has 1 aromatic heterocycles. The van der Waals surface area contributed by atoms with Crippen LogP contribution in [0.15, 0.2) is 42.3 Å². The average molecular weight is 703 g/mol. The van der Waals surface area contributed by atoms with E-state index in [0.717, 1.165) is 17.3 Å². The molecule has 3 fully saturated rings. The number of ether oxygens (including phenoxy) is 3. The van der Waals surface area contributed by atoms with E-state index < -0.39 is 62.2 Å². The Bertz CT molecular complexity index is 1780. The second-order valence-corrected chi connectivity index (χ2v) is 15.8. The molecule has 0 bridgehead atoms. The summed E-state index contributed by atoms with van der Waals surface area (Å²) in [4.78, 5) is 47.1. The summed E-state index contributed by atoms with van der Waals surface area (Å²) in [6, 6.07) is 4.06. The lowest BCUT2D eigenvalue weighted by molar-refractivity contribution is -0.144. The molecule has 3 amide bonds. The van der Waals surface area contributed by atoms with Crippen LogP contribution in [0.2, 0.25) is 0 Å². The smallest absolute Gasteiger partial charge is 0.259 e. The van der Waals surface area contributed by atoms with Gasteiger partial charge in [0.15, 0.2) is 6.10 Å². The molecule has 1 aliphatic heterocycles. The molecule has 2 unspecified atom stereocenters. The van der Waals surface area contributed by atoms with E-state index in [-0.39, 0.29) is 24.3 Å². The Kier molecular flexibility index (Phi) is 9.79. The third-order valence-corrected chi connectivity index (χ3v) is 12.4. The van der Waals surface area contributed by atoms with Gasteiger partial charge in [0.25, 0.3) is 11.8 Å². The maximum atomic E-state index is 14.0. The number of carbonyl (C=O) groups excluding carboxylic acids is 3. The van der Waals surface area contributed by atoms with Gasteiger partial charge in [0, 0.05) is 34.3 Å². The number of pyridine rings is 1. The van der Waals surface area contributed by atoms with Gasteiger partial charge in [-0.1, -0.05) is 12.7 Å². The molecule has 2 saturated carbocycles. The molecule has 3 aliphatic rings. The van der Waals surface area contributed by atoms with Crippen molar-refractivity contribution >= 4 is 50.4 Å². The number of nitrogens with zero attached hydrogens (tertiary/aromatic N) is 2. The van der Waals surface area contributed by atoms with E-state index >= 15 is 0 Å². The van der Waals surface area contributed by atoms with E-state index in [1.807, 2.05) is 13.8 Å². The summed E-state index contributed by atoms with van der Waals surface area (Å²) in [6.07, 6.45) is 1.83. The molecule has 5 atom stereocenters. The van der Waals surface area contributed by atoms with Crippen molar-refractivity contribution in [1.82, 2.24) is 19.9 Å². The number of carbonyl (C=O) groups is 3. The minimum Gasteiger partial charge on any atom is -0.496 e. The molecular formula is C33H42N4O9S2. The fourth-order valence-corrected chi connectivity index (χ4v) is 7.61. The van der Waals surface area contributed by atoms with Crippen molar-refractivity contribution in [3.8, 4) is 17.4 Å². The Labute approximate surface area is 284 Å². The van der Waals surface area contributed by atoms with Gasteiger partial charge in [-0.3, -0.25) is 19.1 Å². The summed E-state index contributed by atoms with van der Waals surface area (Å²) >= 11 is 1.11. The summed E-state index contributed by atoms with van der Waals surface area (Å²) in [5.74, 6) is -1.48. The number of nitrogens with one attached hydrogen (secondary N) is 2. The number of amides is 3. The Morgan fingerprint density at radius 3 is 2.56 bits per heavy atom. The van der Waals surface area contributed by atoms with Crippen LogP contribution in [0.4, 0.5) is 0 Å². The molecule has 0 radical (unpaired) electrons. The highest BCUT2D eigenvalue weighted by molar-refractivity contribution is 8.02. The molecular weight excluding hydrogens is 661 g/mol. The predicted molar refractivity (Wildman–Crippen MR) is 181 cm³/mol. The fraction of sp³-hybridized carbons (Fsp3) is 0.515. The normalized spacial score (nSPS) is 24.7. The zero-order valence-electron chi connectivity index (χ0n) is 27.7. The van der Waals surface area contributed by atoms with E-state index in [2.05, 4.69) is 28.2 Å². The molecule has 0 spiro atoms. The van der Waals surface area contributed by atoms with E-state index in [0.29, 0.717) is 47.7 Å². The number of thioether (sulfide) groups is 1.